The van der Waals surface area contributed by atoms with Crippen LogP contribution in [0.15, 0.2) is 55.1 Å². The lowest BCUT2D eigenvalue weighted by Gasteiger charge is -2.10. The molecular weight excluding hydrogens is 369 g/mol. The summed E-state index contributed by atoms with van der Waals surface area (Å²) in [6.07, 6.45) is 3.15. The van der Waals surface area contributed by atoms with Crippen molar-refractivity contribution in [2.24, 2.45) is 5.73 Å². The molecular formula is C21H18FN7. The van der Waals surface area contributed by atoms with Gasteiger partial charge in [-0.05, 0) is 34.9 Å². The van der Waals surface area contributed by atoms with Crippen molar-refractivity contribution in [3.63, 3.8) is 0 Å². The van der Waals surface area contributed by atoms with Crippen LogP contribution >= 0.6 is 0 Å². The van der Waals surface area contributed by atoms with E-state index < -0.39 is 0 Å². The molecule has 0 saturated heterocycles. The van der Waals surface area contributed by atoms with E-state index in [1.807, 2.05) is 22.8 Å². The summed E-state index contributed by atoms with van der Waals surface area (Å²) in [6.45, 7) is 0.951. The van der Waals surface area contributed by atoms with Crippen molar-refractivity contribution in [1.29, 1.82) is 0 Å². The van der Waals surface area contributed by atoms with Crippen LogP contribution in [0.1, 0.15) is 11.3 Å². The Hall–Kier alpha value is -3.78. The second-order valence-corrected chi connectivity index (χ2v) is 6.87. The quantitative estimate of drug-likeness (QED) is 0.438. The number of hydrogen-bond donors (Lipinski definition) is 3. The molecule has 0 amide bonds. The van der Waals surface area contributed by atoms with Gasteiger partial charge >= 0.3 is 0 Å². The van der Waals surface area contributed by atoms with E-state index in [4.69, 9.17) is 11.5 Å². The second kappa shape index (κ2) is 6.68. The highest BCUT2D eigenvalue weighted by Gasteiger charge is 2.14. The topological polar surface area (TPSA) is 111 Å². The van der Waals surface area contributed by atoms with E-state index in [1.54, 1.807) is 18.5 Å². The minimum Gasteiger partial charge on any atom is -0.382 e. The number of hydrogen-bond acceptors (Lipinski definition) is 5. The van der Waals surface area contributed by atoms with Crippen LogP contribution in [-0.4, -0.2) is 24.5 Å². The first-order valence-corrected chi connectivity index (χ1v) is 9.15. The van der Waals surface area contributed by atoms with E-state index in [9.17, 15) is 4.39 Å². The summed E-state index contributed by atoms with van der Waals surface area (Å²) in [5, 5.41) is 1.04. The maximum Gasteiger partial charge on any atom is 0.165 e. The highest BCUT2D eigenvalue weighted by Crippen LogP contribution is 2.32. The van der Waals surface area contributed by atoms with E-state index in [0.717, 1.165) is 33.3 Å². The van der Waals surface area contributed by atoms with Crippen LogP contribution in [0.2, 0.25) is 0 Å². The van der Waals surface area contributed by atoms with E-state index in [2.05, 4.69) is 19.9 Å². The number of fused-ring (bicyclic) bond motifs is 2. The number of nitrogens with zero attached hydrogens (tertiary/aromatic N) is 4. The van der Waals surface area contributed by atoms with Crippen molar-refractivity contribution >= 4 is 27.9 Å². The third-order valence-corrected chi connectivity index (χ3v) is 5.08. The highest BCUT2D eigenvalue weighted by atomic mass is 19.1. The molecule has 0 unspecified atom stereocenters. The SMILES string of the molecule is NCc1cc2c(-c3ccc(F)cc3)ccc(Cn3cnc4c(N)ncnc43)c2[nH]1. The molecule has 0 bridgehead atoms. The number of halogens is 1. The maximum absolute atomic E-state index is 13.4. The molecule has 5 N–H and O–H groups in total. The Labute approximate surface area is 165 Å². The smallest absolute Gasteiger partial charge is 0.165 e. The summed E-state index contributed by atoms with van der Waals surface area (Å²) in [4.78, 5) is 16.1. The van der Waals surface area contributed by atoms with Gasteiger partial charge in [0.05, 0.1) is 18.4 Å². The lowest BCUT2D eigenvalue weighted by molar-refractivity contribution is 0.628. The average molecular weight is 387 g/mol. The number of H-pyrrole nitrogens is 1. The number of rotatable bonds is 4. The first-order valence-electron chi connectivity index (χ1n) is 9.15. The van der Waals surface area contributed by atoms with Gasteiger partial charge in [-0.2, -0.15) is 0 Å². The molecule has 2 aromatic carbocycles. The van der Waals surface area contributed by atoms with Gasteiger partial charge in [-0.15, -0.1) is 0 Å². The normalized spacial score (nSPS) is 11.5. The fraction of sp³-hybridized carbons (Fsp3) is 0.0952. The Balaban J connectivity index is 1.64. The number of nitrogens with one attached hydrogen (secondary N) is 1. The predicted octanol–water partition coefficient (Wildman–Crippen LogP) is 3.20. The Morgan fingerprint density at radius 2 is 1.86 bits per heavy atom. The minimum atomic E-state index is -0.258. The summed E-state index contributed by atoms with van der Waals surface area (Å²) in [5.41, 5.74) is 18.0. The summed E-state index contributed by atoms with van der Waals surface area (Å²) in [7, 11) is 0. The fourth-order valence-corrected chi connectivity index (χ4v) is 3.65. The number of anilines is 1. The first-order chi connectivity index (χ1) is 14.1. The number of aromatic nitrogens is 5. The Kier molecular flexibility index (Phi) is 3.99. The average Bonchev–Trinajstić information content (AvgIpc) is 3.35. The first kappa shape index (κ1) is 17.3. The number of nitrogens with two attached hydrogens (primary N) is 2. The molecule has 144 valence electrons. The van der Waals surface area contributed by atoms with Crippen molar-refractivity contribution in [3.8, 4) is 11.1 Å². The molecule has 0 aliphatic carbocycles. The molecule has 0 atom stereocenters. The molecule has 5 rings (SSSR count). The fourth-order valence-electron chi connectivity index (χ4n) is 3.65. The zero-order valence-electron chi connectivity index (χ0n) is 15.4. The standard InChI is InChI=1S/C21H18FN7/c22-14-4-1-12(2-5-14)16-6-3-13(18-17(16)7-15(8-23)28-18)9-29-11-27-19-20(24)25-10-26-21(19)29/h1-7,10-11,28H,8-9,23H2,(H2,24,25,26). The van der Waals surface area contributed by atoms with Gasteiger partial charge in [0.2, 0.25) is 0 Å². The molecule has 3 heterocycles. The molecule has 3 aromatic heterocycles. The van der Waals surface area contributed by atoms with E-state index in [0.29, 0.717) is 30.1 Å². The lowest BCUT2D eigenvalue weighted by atomic mass is 9.99. The Morgan fingerprint density at radius 1 is 1.03 bits per heavy atom. The van der Waals surface area contributed by atoms with Crippen molar-refractivity contribution in [2.45, 2.75) is 13.1 Å². The number of benzene rings is 2. The van der Waals surface area contributed by atoms with Crippen molar-refractivity contribution in [2.75, 3.05) is 5.73 Å². The van der Waals surface area contributed by atoms with Gasteiger partial charge in [-0.3, -0.25) is 0 Å². The van der Waals surface area contributed by atoms with E-state index in [-0.39, 0.29) is 5.82 Å². The Morgan fingerprint density at radius 3 is 2.66 bits per heavy atom. The van der Waals surface area contributed by atoms with Crippen LogP contribution in [0.4, 0.5) is 10.2 Å². The van der Waals surface area contributed by atoms with Crippen LogP contribution < -0.4 is 11.5 Å². The highest BCUT2D eigenvalue weighted by molar-refractivity contribution is 5.97. The van der Waals surface area contributed by atoms with Gasteiger partial charge in [0.1, 0.15) is 17.7 Å². The molecule has 0 aliphatic heterocycles. The summed E-state index contributed by atoms with van der Waals surface area (Å²) in [5.74, 6) is 0.0995. The third-order valence-electron chi connectivity index (χ3n) is 5.08. The molecule has 0 spiro atoms. The molecule has 29 heavy (non-hydrogen) atoms. The minimum absolute atomic E-state index is 0.258. The van der Waals surface area contributed by atoms with Gasteiger partial charge < -0.3 is 21.0 Å². The van der Waals surface area contributed by atoms with E-state index in [1.165, 1.54) is 18.5 Å². The van der Waals surface area contributed by atoms with Crippen LogP contribution in [0, 0.1) is 5.82 Å². The second-order valence-electron chi connectivity index (χ2n) is 6.87. The van der Waals surface area contributed by atoms with Crippen LogP contribution in [0.25, 0.3) is 33.2 Å². The number of imidazole rings is 1. The lowest BCUT2D eigenvalue weighted by Crippen LogP contribution is -2.02. The van der Waals surface area contributed by atoms with Crippen molar-refractivity contribution in [1.82, 2.24) is 24.5 Å². The summed E-state index contributed by atoms with van der Waals surface area (Å²) < 4.78 is 15.3. The molecule has 0 aliphatic rings. The van der Waals surface area contributed by atoms with Gasteiger partial charge in [-0.1, -0.05) is 24.3 Å². The zero-order chi connectivity index (χ0) is 20.0. The summed E-state index contributed by atoms with van der Waals surface area (Å²) >= 11 is 0. The molecule has 7 nitrogen and oxygen atoms in total. The largest absolute Gasteiger partial charge is 0.382 e. The molecule has 8 heteroatoms. The maximum atomic E-state index is 13.4. The van der Waals surface area contributed by atoms with Crippen molar-refractivity contribution < 1.29 is 4.39 Å². The zero-order valence-corrected chi connectivity index (χ0v) is 15.4. The van der Waals surface area contributed by atoms with Crippen molar-refractivity contribution in [3.05, 3.63) is 72.2 Å². The predicted molar refractivity (Wildman–Crippen MR) is 110 cm³/mol. The molecule has 0 fully saturated rings. The third kappa shape index (κ3) is 2.90. The number of nitrogen functional groups attached to an aromatic ring is 1. The van der Waals surface area contributed by atoms with Crippen LogP contribution in [0.3, 0.4) is 0 Å². The molecule has 5 aromatic rings. The monoisotopic (exact) mass is 387 g/mol. The van der Waals surface area contributed by atoms with Gasteiger partial charge in [-0.25, -0.2) is 19.3 Å². The van der Waals surface area contributed by atoms with Gasteiger partial charge in [0.25, 0.3) is 0 Å². The van der Waals surface area contributed by atoms with Gasteiger partial charge in [0, 0.05) is 17.6 Å². The summed E-state index contributed by atoms with van der Waals surface area (Å²) in [6, 6.07) is 12.6. The van der Waals surface area contributed by atoms with Gasteiger partial charge in [0.15, 0.2) is 11.5 Å². The van der Waals surface area contributed by atoms with E-state index >= 15 is 0 Å². The van der Waals surface area contributed by atoms with Crippen LogP contribution in [-0.2, 0) is 13.1 Å². The molecule has 0 saturated carbocycles. The molecule has 0 radical (unpaired) electrons. The number of aromatic amines is 1. The van der Waals surface area contributed by atoms with Crippen LogP contribution in [0.5, 0.6) is 0 Å². The Bertz CT molecular complexity index is 1330.